The second-order valence-electron chi connectivity index (χ2n) is 8.40. The van der Waals surface area contributed by atoms with Crippen molar-refractivity contribution < 1.29 is 14.3 Å². The maximum Gasteiger partial charge on any atom is 0.220 e. The van der Waals surface area contributed by atoms with E-state index in [0.717, 1.165) is 44.6 Å². The molecular formula is C26H34N2O3. The Labute approximate surface area is 185 Å². The van der Waals surface area contributed by atoms with E-state index in [-0.39, 0.29) is 30.6 Å². The zero-order chi connectivity index (χ0) is 22.1. The second-order valence-corrected chi connectivity index (χ2v) is 8.40. The summed E-state index contributed by atoms with van der Waals surface area (Å²) in [5, 5.41) is 3.11. The number of ether oxygens (including phenoxy) is 1. The fourth-order valence-corrected chi connectivity index (χ4v) is 3.93. The highest BCUT2D eigenvalue weighted by Gasteiger charge is 2.21. The molecule has 2 aromatic carbocycles. The number of likely N-dealkylation sites (tertiary alicyclic amines) is 1. The van der Waals surface area contributed by atoms with Crippen molar-refractivity contribution in [1.29, 1.82) is 0 Å². The maximum absolute atomic E-state index is 12.4. The van der Waals surface area contributed by atoms with Crippen LogP contribution in [0.4, 0.5) is 0 Å². The van der Waals surface area contributed by atoms with Crippen LogP contribution in [0, 0.1) is 6.92 Å². The summed E-state index contributed by atoms with van der Waals surface area (Å²) in [7, 11) is 0. The molecule has 0 bridgehead atoms. The minimum Gasteiger partial charge on any atom is -0.494 e. The van der Waals surface area contributed by atoms with Crippen LogP contribution in [0.5, 0.6) is 5.75 Å². The molecule has 31 heavy (non-hydrogen) atoms. The normalized spacial score (nSPS) is 14.9. The van der Waals surface area contributed by atoms with Crippen molar-refractivity contribution in [2.75, 3.05) is 19.7 Å². The number of carbonyl (C=O) groups excluding carboxylic acids is 2. The van der Waals surface area contributed by atoms with Crippen LogP contribution in [-0.2, 0) is 11.3 Å². The molecule has 0 saturated carbocycles. The molecule has 5 heteroatoms. The molecular weight excluding hydrogens is 388 g/mol. The molecule has 2 aromatic rings. The van der Waals surface area contributed by atoms with Gasteiger partial charge in [0.1, 0.15) is 5.75 Å². The maximum atomic E-state index is 12.4. The van der Waals surface area contributed by atoms with Crippen molar-refractivity contribution >= 4 is 11.7 Å². The van der Waals surface area contributed by atoms with Gasteiger partial charge in [-0.3, -0.25) is 14.5 Å². The van der Waals surface area contributed by atoms with Crippen LogP contribution in [0.2, 0.25) is 0 Å². The van der Waals surface area contributed by atoms with E-state index in [4.69, 9.17) is 4.74 Å². The minimum absolute atomic E-state index is 0.00911. The van der Waals surface area contributed by atoms with E-state index in [2.05, 4.69) is 48.3 Å². The number of nitrogens with zero attached hydrogens (tertiary/aromatic N) is 1. The third-order valence-corrected chi connectivity index (χ3v) is 5.67. The number of ketones is 1. The van der Waals surface area contributed by atoms with Gasteiger partial charge in [0.2, 0.25) is 5.91 Å². The van der Waals surface area contributed by atoms with E-state index in [9.17, 15) is 9.59 Å². The summed E-state index contributed by atoms with van der Waals surface area (Å²) in [4.78, 5) is 27.2. The first-order valence-electron chi connectivity index (χ1n) is 11.4. The lowest BCUT2D eigenvalue weighted by Gasteiger charge is -2.32. The molecule has 0 aliphatic carbocycles. The molecule has 1 fully saturated rings. The van der Waals surface area contributed by atoms with Crippen LogP contribution >= 0.6 is 0 Å². The average Bonchev–Trinajstić information content (AvgIpc) is 2.78. The SMILES string of the molecule is CCCOc1ccc(C(=O)CCC(=O)NC2CCN(Cc3cccc(C)c3)CC2)cc1. The first-order chi connectivity index (χ1) is 15.0. The Bertz CT molecular complexity index is 855. The van der Waals surface area contributed by atoms with E-state index in [1.165, 1.54) is 11.1 Å². The van der Waals surface area contributed by atoms with E-state index in [1.807, 2.05) is 12.1 Å². The van der Waals surface area contributed by atoms with Gasteiger partial charge in [0.15, 0.2) is 5.78 Å². The van der Waals surface area contributed by atoms with Crippen LogP contribution < -0.4 is 10.1 Å². The van der Waals surface area contributed by atoms with Crippen molar-refractivity contribution in [2.45, 2.75) is 58.5 Å². The third-order valence-electron chi connectivity index (χ3n) is 5.67. The van der Waals surface area contributed by atoms with Crippen molar-refractivity contribution in [3.8, 4) is 5.75 Å². The van der Waals surface area contributed by atoms with Crippen molar-refractivity contribution in [3.63, 3.8) is 0 Å². The van der Waals surface area contributed by atoms with E-state index >= 15 is 0 Å². The molecule has 1 N–H and O–H groups in total. The monoisotopic (exact) mass is 422 g/mol. The molecule has 0 unspecified atom stereocenters. The zero-order valence-corrected chi connectivity index (χ0v) is 18.7. The van der Waals surface area contributed by atoms with Gasteiger partial charge in [0.05, 0.1) is 6.61 Å². The first-order valence-corrected chi connectivity index (χ1v) is 11.4. The molecule has 1 saturated heterocycles. The van der Waals surface area contributed by atoms with E-state index in [0.29, 0.717) is 12.2 Å². The van der Waals surface area contributed by atoms with Gasteiger partial charge in [0.25, 0.3) is 0 Å². The standard InChI is InChI=1S/C26H34N2O3/c1-3-17-31-24-9-7-22(8-10-24)25(29)11-12-26(30)27-23-13-15-28(16-14-23)19-21-6-4-5-20(2)18-21/h4-10,18,23H,3,11-17,19H2,1-2H3,(H,27,30). The van der Waals surface area contributed by atoms with E-state index < -0.39 is 0 Å². The molecule has 0 radical (unpaired) electrons. The quantitative estimate of drug-likeness (QED) is 0.572. The highest BCUT2D eigenvalue weighted by atomic mass is 16.5. The molecule has 1 heterocycles. The fourth-order valence-electron chi connectivity index (χ4n) is 3.93. The molecule has 166 valence electrons. The van der Waals surface area contributed by atoms with Crippen molar-refractivity contribution in [1.82, 2.24) is 10.2 Å². The third kappa shape index (κ3) is 7.51. The molecule has 1 aliphatic rings. The largest absolute Gasteiger partial charge is 0.494 e. The number of rotatable bonds is 10. The van der Waals surface area contributed by atoms with Crippen LogP contribution in [0.1, 0.15) is 60.5 Å². The number of nitrogens with one attached hydrogen (secondary N) is 1. The Morgan fingerprint density at radius 1 is 1.06 bits per heavy atom. The Kier molecular flexibility index (Phi) is 8.65. The molecule has 1 amide bonds. The summed E-state index contributed by atoms with van der Waals surface area (Å²) in [5.41, 5.74) is 3.25. The lowest BCUT2D eigenvalue weighted by Crippen LogP contribution is -2.44. The van der Waals surface area contributed by atoms with Crippen molar-refractivity contribution in [2.24, 2.45) is 0 Å². The number of Topliss-reactive ketones (excluding diaryl/α,β-unsaturated/α-hetero) is 1. The average molecular weight is 423 g/mol. The number of benzene rings is 2. The highest BCUT2D eigenvalue weighted by molar-refractivity contribution is 5.98. The van der Waals surface area contributed by atoms with Gasteiger partial charge in [0, 0.05) is 44.1 Å². The Hall–Kier alpha value is -2.66. The molecule has 1 aliphatic heterocycles. The topological polar surface area (TPSA) is 58.6 Å². The molecule has 3 rings (SSSR count). The van der Waals surface area contributed by atoms with Crippen LogP contribution in [0.25, 0.3) is 0 Å². The number of hydrogen-bond acceptors (Lipinski definition) is 4. The smallest absolute Gasteiger partial charge is 0.220 e. The Balaban J connectivity index is 1.36. The predicted octanol–water partition coefficient (Wildman–Crippen LogP) is 4.53. The number of carbonyl (C=O) groups is 2. The van der Waals surface area contributed by atoms with Gasteiger partial charge < -0.3 is 10.1 Å². The lowest BCUT2D eigenvalue weighted by molar-refractivity contribution is -0.122. The van der Waals surface area contributed by atoms with Gasteiger partial charge in [-0.05, 0) is 56.0 Å². The summed E-state index contributed by atoms with van der Waals surface area (Å²) in [5.74, 6) is 0.725. The summed E-state index contributed by atoms with van der Waals surface area (Å²) in [6.45, 7) is 7.75. The lowest BCUT2D eigenvalue weighted by atomic mass is 10.0. The number of piperidine rings is 1. The second kappa shape index (κ2) is 11.7. The van der Waals surface area contributed by atoms with E-state index in [1.54, 1.807) is 12.1 Å². The minimum atomic E-state index is -0.0339. The summed E-state index contributed by atoms with van der Waals surface area (Å²) in [6, 6.07) is 16.0. The Morgan fingerprint density at radius 3 is 2.48 bits per heavy atom. The number of aryl methyl sites for hydroxylation is 1. The summed E-state index contributed by atoms with van der Waals surface area (Å²) < 4.78 is 5.54. The first kappa shape index (κ1) is 23.0. The number of amides is 1. The van der Waals surface area contributed by atoms with Gasteiger partial charge in [-0.15, -0.1) is 0 Å². The molecule has 0 aromatic heterocycles. The molecule has 0 atom stereocenters. The Morgan fingerprint density at radius 2 is 1.81 bits per heavy atom. The van der Waals surface area contributed by atoms with Crippen LogP contribution in [-0.4, -0.2) is 42.3 Å². The van der Waals surface area contributed by atoms with Gasteiger partial charge in [-0.2, -0.15) is 0 Å². The summed E-state index contributed by atoms with van der Waals surface area (Å²) in [6.07, 6.45) is 3.31. The van der Waals surface area contributed by atoms with Gasteiger partial charge >= 0.3 is 0 Å². The highest BCUT2D eigenvalue weighted by Crippen LogP contribution is 2.16. The molecule has 5 nitrogen and oxygen atoms in total. The van der Waals surface area contributed by atoms with Crippen LogP contribution in [0.3, 0.4) is 0 Å². The molecule has 0 spiro atoms. The number of hydrogen-bond donors (Lipinski definition) is 1. The van der Waals surface area contributed by atoms with Crippen LogP contribution in [0.15, 0.2) is 48.5 Å². The summed E-state index contributed by atoms with van der Waals surface area (Å²) >= 11 is 0. The van der Waals surface area contributed by atoms with Gasteiger partial charge in [-0.25, -0.2) is 0 Å². The van der Waals surface area contributed by atoms with Gasteiger partial charge in [-0.1, -0.05) is 36.8 Å². The predicted molar refractivity (Wildman–Crippen MR) is 123 cm³/mol. The fraction of sp³-hybridized carbons (Fsp3) is 0.462. The zero-order valence-electron chi connectivity index (χ0n) is 18.7. The van der Waals surface area contributed by atoms with Crippen molar-refractivity contribution in [3.05, 3.63) is 65.2 Å².